The molecule has 0 aliphatic heterocycles. The highest BCUT2D eigenvalue weighted by Gasteiger charge is 2.40. The quantitative estimate of drug-likeness (QED) is 0.481. The summed E-state index contributed by atoms with van der Waals surface area (Å²) < 4.78 is 24.0. The minimum Gasteiger partial charge on any atom is -0.358 e. The molecular formula is C11H14ClN3O4S. The first-order valence-corrected chi connectivity index (χ1v) is 8.82. The third-order valence-corrected chi connectivity index (χ3v) is 5.76. The molecular weight excluding hydrogens is 306 g/mol. The first kappa shape index (κ1) is 13.8. The zero-order valence-electron chi connectivity index (χ0n) is 10.6. The van der Waals surface area contributed by atoms with Crippen molar-refractivity contribution in [1.29, 1.82) is 0 Å². The lowest BCUT2D eigenvalue weighted by Gasteiger charge is -2.19. The van der Waals surface area contributed by atoms with Gasteiger partial charge in [-0.05, 0) is 41.9 Å². The smallest absolute Gasteiger partial charge is 0.358 e. The second kappa shape index (κ2) is 4.70. The fourth-order valence-corrected chi connectivity index (χ4v) is 4.53. The van der Waals surface area contributed by atoms with Crippen molar-refractivity contribution < 1.29 is 13.3 Å². The number of fused-ring (bicyclic) bond motifs is 2. The molecule has 0 saturated heterocycles. The van der Waals surface area contributed by atoms with Gasteiger partial charge in [-0.2, -0.15) is 4.68 Å². The van der Waals surface area contributed by atoms with E-state index in [1.54, 1.807) is 0 Å². The Kier molecular flexibility index (Phi) is 3.24. The molecule has 9 heteroatoms. The van der Waals surface area contributed by atoms with Crippen molar-refractivity contribution >= 4 is 25.6 Å². The normalized spacial score (nSPS) is 28.9. The molecule has 7 nitrogen and oxygen atoms in total. The van der Waals surface area contributed by atoms with Gasteiger partial charge >= 0.3 is 5.82 Å². The second-order valence-electron chi connectivity index (χ2n) is 5.67. The van der Waals surface area contributed by atoms with Crippen molar-refractivity contribution in [3.63, 3.8) is 0 Å². The van der Waals surface area contributed by atoms with E-state index in [0.29, 0.717) is 18.4 Å². The van der Waals surface area contributed by atoms with E-state index >= 15 is 0 Å². The number of hydrogen-bond donors (Lipinski definition) is 0. The predicted molar refractivity (Wildman–Crippen MR) is 70.9 cm³/mol. The van der Waals surface area contributed by atoms with E-state index in [0.717, 1.165) is 12.3 Å². The number of halogens is 1. The minimum absolute atomic E-state index is 0.430. The summed E-state index contributed by atoms with van der Waals surface area (Å²) in [6.45, 7) is 0.522. The standard InChI is InChI=1S/C11H14ClN3O4S/c12-20(18,19)10-6-14(13-11(10)15(16)17)5-9-4-7-1-2-8(9)3-7/h6-9H,1-5H2. The third kappa shape index (κ3) is 2.42. The van der Waals surface area contributed by atoms with Gasteiger partial charge in [-0.3, -0.25) is 0 Å². The Morgan fingerprint density at radius 3 is 2.65 bits per heavy atom. The van der Waals surface area contributed by atoms with Crippen LogP contribution in [0.2, 0.25) is 0 Å². The average Bonchev–Trinajstić information content (AvgIpc) is 3.00. The molecule has 1 heterocycles. The second-order valence-corrected chi connectivity index (χ2v) is 8.20. The van der Waals surface area contributed by atoms with Crippen LogP contribution in [0.15, 0.2) is 11.1 Å². The molecule has 2 fully saturated rings. The summed E-state index contributed by atoms with van der Waals surface area (Å²) in [6.07, 6.45) is 5.95. The average molecular weight is 320 g/mol. The fraction of sp³-hybridized carbons (Fsp3) is 0.727. The van der Waals surface area contributed by atoms with Crippen molar-refractivity contribution in [2.75, 3.05) is 0 Å². The summed E-state index contributed by atoms with van der Waals surface area (Å²) in [5.41, 5.74) is 0. The van der Waals surface area contributed by atoms with Crippen LogP contribution in [-0.2, 0) is 15.6 Å². The molecule has 3 rings (SSSR count). The highest BCUT2D eigenvalue weighted by atomic mass is 35.7. The van der Waals surface area contributed by atoms with Crippen LogP contribution in [0, 0.1) is 27.9 Å². The van der Waals surface area contributed by atoms with Gasteiger partial charge in [0.15, 0.2) is 0 Å². The van der Waals surface area contributed by atoms with E-state index in [1.807, 2.05) is 0 Å². The Morgan fingerprint density at radius 1 is 1.45 bits per heavy atom. The Labute approximate surface area is 120 Å². The largest absolute Gasteiger partial charge is 0.410 e. The van der Waals surface area contributed by atoms with Gasteiger partial charge in [0.2, 0.25) is 4.90 Å². The first-order chi connectivity index (χ1) is 9.34. The van der Waals surface area contributed by atoms with Crippen LogP contribution in [0.1, 0.15) is 25.7 Å². The molecule has 0 spiro atoms. The highest BCUT2D eigenvalue weighted by Crippen LogP contribution is 2.48. The minimum atomic E-state index is -4.15. The van der Waals surface area contributed by atoms with Crippen molar-refractivity contribution in [2.24, 2.45) is 17.8 Å². The van der Waals surface area contributed by atoms with Crippen LogP contribution >= 0.6 is 10.7 Å². The Bertz CT molecular complexity index is 657. The molecule has 0 aromatic carbocycles. The molecule has 2 saturated carbocycles. The maximum absolute atomic E-state index is 11.3. The van der Waals surface area contributed by atoms with Gasteiger partial charge in [0.05, 0.1) is 17.8 Å². The van der Waals surface area contributed by atoms with Crippen molar-refractivity contribution in [1.82, 2.24) is 9.78 Å². The summed E-state index contributed by atoms with van der Waals surface area (Å²) >= 11 is 0. The molecule has 1 aromatic rings. The van der Waals surface area contributed by atoms with Crippen LogP contribution in [0.4, 0.5) is 5.82 Å². The molecule has 0 radical (unpaired) electrons. The number of hydrogen-bond acceptors (Lipinski definition) is 5. The van der Waals surface area contributed by atoms with E-state index in [-0.39, 0.29) is 0 Å². The molecule has 0 N–H and O–H groups in total. The summed E-state index contributed by atoms with van der Waals surface area (Å²) in [5, 5.41) is 14.6. The maximum Gasteiger partial charge on any atom is 0.410 e. The van der Waals surface area contributed by atoms with Crippen molar-refractivity contribution in [2.45, 2.75) is 37.1 Å². The number of aromatic nitrogens is 2. The Hall–Kier alpha value is -1.15. The van der Waals surface area contributed by atoms with E-state index < -0.39 is 24.7 Å². The van der Waals surface area contributed by atoms with Gasteiger partial charge in [-0.15, -0.1) is 0 Å². The van der Waals surface area contributed by atoms with E-state index in [4.69, 9.17) is 10.7 Å². The van der Waals surface area contributed by atoms with E-state index in [1.165, 1.54) is 30.1 Å². The van der Waals surface area contributed by atoms with Crippen LogP contribution < -0.4 is 0 Å². The molecule has 3 unspecified atom stereocenters. The third-order valence-electron chi connectivity index (χ3n) is 4.45. The lowest BCUT2D eigenvalue weighted by atomic mass is 9.89. The molecule has 2 aliphatic rings. The summed E-state index contributed by atoms with van der Waals surface area (Å²) in [5.74, 6) is 1.13. The lowest BCUT2D eigenvalue weighted by Crippen LogP contribution is -2.17. The van der Waals surface area contributed by atoms with Crippen molar-refractivity contribution in [3.05, 3.63) is 16.3 Å². The lowest BCUT2D eigenvalue weighted by molar-refractivity contribution is -0.392. The number of nitro groups is 1. The van der Waals surface area contributed by atoms with Gasteiger partial charge in [0.1, 0.15) is 0 Å². The fourth-order valence-electron chi connectivity index (χ4n) is 3.63. The SMILES string of the molecule is O=[N+]([O-])c1nn(CC2CC3CCC2C3)cc1S(=O)(=O)Cl. The zero-order valence-corrected chi connectivity index (χ0v) is 12.2. The van der Waals surface area contributed by atoms with Gasteiger partial charge in [-0.25, -0.2) is 8.42 Å². The molecule has 3 atom stereocenters. The monoisotopic (exact) mass is 319 g/mol. The van der Waals surface area contributed by atoms with Crippen molar-refractivity contribution in [3.8, 4) is 0 Å². The molecule has 1 aromatic heterocycles. The Morgan fingerprint density at radius 2 is 2.20 bits per heavy atom. The zero-order chi connectivity index (χ0) is 14.5. The summed E-state index contributed by atoms with van der Waals surface area (Å²) in [4.78, 5) is 9.52. The van der Waals surface area contributed by atoms with E-state index in [9.17, 15) is 18.5 Å². The van der Waals surface area contributed by atoms with Gasteiger partial charge in [-0.1, -0.05) is 6.42 Å². The Balaban J connectivity index is 1.86. The summed E-state index contributed by atoms with van der Waals surface area (Å²) in [7, 11) is 1.06. The highest BCUT2D eigenvalue weighted by molar-refractivity contribution is 8.13. The van der Waals surface area contributed by atoms with E-state index in [2.05, 4.69) is 5.10 Å². The maximum atomic E-state index is 11.3. The first-order valence-electron chi connectivity index (χ1n) is 6.51. The van der Waals surface area contributed by atoms with Gasteiger partial charge in [0.25, 0.3) is 9.05 Å². The molecule has 2 aliphatic carbocycles. The van der Waals surface area contributed by atoms with Crippen LogP contribution in [0.25, 0.3) is 0 Å². The van der Waals surface area contributed by atoms with Crippen LogP contribution in [0.3, 0.4) is 0 Å². The van der Waals surface area contributed by atoms with Gasteiger partial charge in [0, 0.05) is 10.7 Å². The molecule has 110 valence electrons. The number of nitrogens with zero attached hydrogens (tertiary/aromatic N) is 3. The topological polar surface area (TPSA) is 95.1 Å². The van der Waals surface area contributed by atoms with Crippen LogP contribution in [-0.4, -0.2) is 23.1 Å². The molecule has 2 bridgehead atoms. The predicted octanol–water partition coefficient (Wildman–Crippen LogP) is 2.16. The molecule has 0 amide bonds. The van der Waals surface area contributed by atoms with Crippen LogP contribution in [0.5, 0.6) is 0 Å². The molecule has 20 heavy (non-hydrogen) atoms. The number of rotatable bonds is 4. The summed E-state index contributed by atoms with van der Waals surface area (Å²) in [6, 6.07) is 0. The van der Waals surface area contributed by atoms with Gasteiger partial charge < -0.3 is 10.1 Å².